The summed E-state index contributed by atoms with van der Waals surface area (Å²) in [5.74, 6) is 3.79. The summed E-state index contributed by atoms with van der Waals surface area (Å²) in [5.41, 5.74) is 0. The molecule has 0 N–H and O–H groups in total. The van der Waals surface area contributed by atoms with Gasteiger partial charge in [-0.1, -0.05) is 12.2 Å². The van der Waals surface area contributed by atoms with Gasteiger partial charge in [-0.2, -0.15) is 0 Å². The van der Waals surface area contributed by atoms with Crippen molar-refractivity contribution in [2.24, 2.45) is 17.8 Å². The van der Waals surface area contributed by atoms with E-state index in [1.165, 1.54) is 25.8 Å². The van der Waals surface area contributed by atoms with Gasteiger partial charge in [0.1, 0.15) is 5.82 Å². The van der Waals surface area contributed by atoms with Crippen molar-refractivity contribution in [2.75, 3.05) is 37.6 Å². The van der Waals surface area contributed by atoms with Crippen molar-refractivity contribution in [3.05, 3.63) is 30.7 Å². The maximum Gasteiger partial charge on any atom is 0.147 e. The topological polar surface area (TPSA) is 32.3 Å². The van der Waals surface area contributed by atoms with Crippen molar-refractivity contribution in [1.29, 1.82) is 0 Å². The summed E-state index contributed by atoms with van der Waals surface area (Å²) in [6, 6.07) is 0. The third-order valence-electron chi connectivity index (χ3n) is 5.48. The van der Waals surface area contributed by atoms with Crippen LogP contribution in [0.25, 0.3) is 0 Å². The van der Waals surface area contributed by atoms with Crippen LogP contribution in [0.4, 0.5) is 5.82 Å². The highest BCUT2D eigenvalue weighted by Crippen LogP contribution is 2.44. The molecular weight excluding hydrogens is 260 g/mol. The van der Waals surface area contributed by atoms with E-state index < -0.39 is 0 Å². The summed E-state index contributed by atoms with van der Waals surface area (Å²) in [7, 11) is 0. The van der Waals surface area contributed by atoms with Gasteiger partial charge in [0.25, 0.3) is 0 Å². The van der Waals surface area contributed by atoms with Crippen LogP contribution >= 0.6 is 0 Å². The highest BCUT2D eigenvalue weighted by atomic mass is 15.3. The first-order valence-electron chi connectivity index (χ1n) is 8.30. The van der Waals surface area contributed by atoms with Crippen molar-refractivity contribution in [3.8, 4) is 0 Å². The van der Waals surface area contributed by atoms with Crippen molar-refractivity contribution in [2.45, 2.75) is 19.3 Å². The Labute approximate surface area is 126 Å². The number of aromatic nitrogens is 2. The zero-order valence-corrected chi connectivity index (χ0v) is 12.6. The van der Waals surface area contributed by atoms with Crippen molar-refractivity contribution in [1.82, 2.24) is 14.9 Å². The molecule has 1 saturated carbocycles. The van der Waals surface area contributed by atoms with Crippen LogP contribution in [0.15, 0.2) is 30.7 Å². The van der Waals surface area contributed by atoms with Gasteiger partial charge in [-0.3, -0.25) is 9.88 Å². The molecule has 112 valence electrons. The minimum atomic E-state index is 0.899. The number of allylic oxidation sites excluding steroid dienone is 2. The highest BCUT2D eigenvalue weighted by Gasteiger charge is 2.35. The molecule has 4 rings (SSSR count). The van der Waals surface area contributed by atoms with Crippen LogP contribution in [-0.2, 0) is 0 Å². The predicted molar refractivity (Wildman–Crippen MR) is 84.1 cm³/mol. The lowest BCUT2D eigenvalue weighted by molar-refractivity contribution is 0.229. The molecule has 21 heavy (non-hydrogen) atoms. The minimum absolute atomic E-state index is 0.899. The molecule has 0 unspecified atom stereocenters. The molecule has 2 bridgehead atoms. The highest BCUT2D eigenvalue weighted by molar-refractivity contribution is 5.35. The Bertz CT molecular complexity index is 493. The molecule has 1 aromatic heterocycles. The third kappa shape index (κ3) is 2.82. The van der Waals surface area contributed by atoms with E-state index in [1.54, 1.807) is 12.4 Å². The first-order valence-corrected chi connectivity index (χ1v) is 8.30. The van der Waals surface area contributed by atoms with E-state index in [1.807, 2.05) is 6.20 Å². The van der Waals surface area contributed by atoms with Crippen LogP contribution < -0.4 is 4.90 Å². The smallest absolute Gasteiger partial charge is 0.147 e. The maximum atomic E-state index is 4.40. The Morgan fingerprint density at radius 3 is 2.62 bits per heavy atom. The second kappa shape index (κ2) is 5.76. The number of anilines is 1. The third-order valence-corrected chi connectivity index (χ3v) is 5.48. The van der Waals surface area contributed by atoms with E-state index in [0.29, 0.717) is 0 Å². The average molecular weight is 284 g/mol. The molecule has 2 fully saturated rings. The van der Waals surface area contributed by atoms with E-state index >= 15 is 0 Å². The molecular formula is C17H24N4. The van der Waals surface area contributed by atoms with E-state index in [9.17, 15) is 0 Å². The van der Waals surface area contributed by atoms with Gasteiger partial charge >= 0.3 is 0 Å². The molecule has 3 atom stereocenters. The summed E-state index contributed by atoms with van der Waals surface area (Å²) in [5, 5.41) is 0. The van der Waals surface area contributed by atoms with Gasteiger partial charge in [0.05, 0.1) is 6.20 Å². The molecule has 0 radical (unpaired) electrons. The average Bonchev–Trinajstić information content (AvgIpc) is 3.17. The van der Waals surface area contributed by atoms with Crippen molar-refractivity contribution >= 4 is 5.82 Å². The van der Waals surface area contributed by atoms with Gasteiger partial charge in [-0.05, 0) is 43.6 Å². The molecule has 1 aromatic rings. The minimum Gasteiger partial charge on any atom is -0.353 e. The van der Waals surface area contributed by atoms with Crippen LogP contribution in [0.3, 0.4) is 0 Å². The second-order valence-electron chi connectivity index (χ2n) is 6.72. The summed E-state index contributed by atoms with van der Waals surface area (Å²) >= 11 is 0. The van der Waals surface area contributed by atoms with Crippen molar-refractivity contribution < 1.29 is 0 Å². The zero-order valence-electron chi connectivity index (χ0n) is 12.6. The van der Waals surface area contributed by atoms with Crippen LogP contribution in [0.5, 0.6) is 0 Å². The molecule has 0 aromatic carbocycles. The van der Waals surface area contributed by atoms with Gasteiger partial charge in [0.2, 0.25) is 0 Å². The summed E-state index contributed by atoms with van der Waals surface area (Å²) in [6.45, 7) is 5.75. The van der Waals surface area contributed by atoms with Crippen LogP contribution in [0, 0.1) is 17.8 Å². The lowest BCUT2D eigenvalue weighted by atomic mass is 9.90. The predicted octanol–water partition coefficient (Wildman–Crippen LogP) is 2.20. The molecule has 2 heterocycles. The molecule has 0 amide bonds. The number of rotatable bonds is 4. The van der Waals surface area contributed by atoms with Gasteiger partial charge in [-0.25, -0.2) is 4.98 Å². The SMILES string of the molecule is C1=C[C@H]2C[C@@H]1C[C@H]2CCN1CCN(c2cnccn2)CC1. The zero-order chi connectivity index (χ0) is 14.1. The lowest BCUT2D eigenvalue weighted by Gasteiger charge is -2.36. The number of nitrogens with zero attached hydrogens (tertiary/aromatic N) is 4. The van der Waals surface area contributed by atoms with Gasteiger partial charge < -0.3 is 4.90 Å². The van der Waals surface area contributed by atoms with Gasteiger partial charge in [0.15, 0.2) is 0 Å². The fraction of sp³-hybridized carbons (Fsp3) is 0.647. The van der Waals surface area contributed by atoms with E-state index in [2.05, 4.69) is 31.9 Å². The summed E-state index contributed by atoms with van der Waals surface area (Å²) in [6.07, 6.45) is 14.6. The Hall–Kier alpha value is -1.42. The fourth-order valence-corrected chi connectivity index (χ4v) is 4.23. The Balaban J connectivity index is 1.24. The Morgan fingerprint density at radius 2 is 1.95 bits per heavy atom. The summed E-state index contributed by atoms with van der Waals surface area (Å²) in [4.78, 5) is 13.5. The molecule has 1 aliphatic heterocycles. The maximum absolute atomic E-state index is 4.40. The van der Waals surface area contributed by atoms with Crippen LogP contribution in [-0.4, -0.2) is 47.6 Å². The quantitative estimate of drug-likeness (QED) is 0.794. The molecule has 4 nitrogen and oxygen atoms in total. The van der Waals surface area contributed by atoms with Gasteiger partial charge in [-0.15, -0.1) is 0 Å². The molecule has 0 spiro atoms. The monoisotopic (exact) mass is 284 g/mol. The Kier molecular flexibility index (Phi) is 3.63. The number of fused-ring (bicyclic) bond motifs is 2. The number of hydrogen-bond donors (Lipinski definition) is 0. The first kappa shape index (κ1) is 13.3. The van der Waals surface area contributed by atoms with E-state index in [-0.39, 0.29) is 0 Å². The second-order valence-corrected chi connectivity index (χ2v) is 6.72. The molecule has 4 heteroatoms. The number of piperazine rings is 1. The standard InChI is InChI=1S/C17H24N4/c1-2-15-11-14(1)12-16(15)3-6-20-7-9-21(10-8-20)17-13-18-4-5-19-17/h1-2,4-5,13-16H,3,6-12H2/t14-,15+,16-/m1/s1. The van der Waals surface area contributed by atoms with E-state index in [0.717, 1.165) is 49.8 Å². The van der Waals surface area contributed by atoms with E-state index in [4.69, 9.17) is 0 Å². The van der Waals surface area contributed by atoms with Gasteiger partial charge in [0, 0.05) is 38.6 Å². The Morgan fingerprint density at radius 1 is 1.05 bits per heavy atom. The van der Waals surface area contributed by atoms with Crippen LogP contribution in [0.1, 0.15) is 19.3 Å². The normalized spacial score (nSPS) is 32.0. The summed E-state index contributed by atoms with van der Waals surface area (Å²) < 4.78 is 0. The van der Waals surface area contributed by atoms with Crippen molar-refractivity contribution in [3.63, 3.8) is 0 Å². The molecule has 2 aliphatic carbocycles. The fourth-order valence-electron chi connectivity index (χ4n) is 4.23. The van der Waals surface area contributed by atoms with Crippen LogP contribution in [0.2, 0.25) is 0 Å². The largest absolute Gasteiger partial charge is 0.353 e. The lowest BCUT2D eigenvalue weighted by Crippen LogP contribution is -2.47. The molecule has 3 aliphatic rings. The first-order chi connectivity index (χ1) is 10.4. The molecule has 1 saturated heterocycles. The number of hydrogen-bond acceptors (Lipinski definition) is 4.